The number of nitrogens with zero attached hydrogens (tertiary/aromatic N) is 1. The third kappa shape index (κ3) is 6.24. The molecule has 0 aromatic heterocycles. The largest absolute Gasteiger partial charge is 0.363 e. The molecule has 2 rings (SSSR count). The minimum absolute atomic E-state index is 0.834. The van der Waals surface area contributed by atoms with Crippen molar-refractivity contribution in [3.05, 3.63) is 65.7 Å². The van der Waals surface area contributed by atoms with Crippen LogP contribution in [0.5, 0.6) is 0 Å². The highest BCUT2D eigenvalue weighted by Crippen LogP contribution is 2.18. The van der Waals surface area contributed by atoms with Crippen molar-refractivity contribution in [2.24, 2.45) is 0 Å². The molecule has 0 amide bonds. The van der Waals surface area contributed by atoms with Crippen molar-refractivity contribution in [1.29, 1.82) is 0 Å². The standard InChI is InChI=1S/C19H24N2S2/c1-3-20-19(22)21(15-17-7-5-4-6-8-17)13-14-23-18-11-9-16(2)10-12-18/h4-12H,3,13-15H2,1-2H3,(H,20,22). The third-order valence-electron chi connectivity index (χ3n) is 3.48. The van der Waals surface area contributed by atoms with Crippen LogP contribution in [0.1, 0.15) is 18.1 Å². The average molecular weight is 345 g/mol. The number of thioether (sulfide) groups is 1. The summed E-state index contributed by atoms with van der Waals surface area (Å²) in [6, 6.07) is 19.2. The molecule has 0 unspecified atom stereocenters. The molecule has 0 aliphatic heterocycles. The van der Waals surface area contributed by atoms with E-state index in [0.29, 0.717) is 0 Å². The number of aryl methyl sites for hydroxylation is 1. The predicted octanol–water partition coefficient (Wildman–Crippen LogP) is 4.48. The van der Waals surface area contributed by atoms with Gasteiger partial charge in [0.2, 0.25) is 0 Å². The van der Waals surface area contributed by atoms with E-state index in [4.69, 9.17) is 12.2 Å². The number of thiocarbonyl (C=S) groups is 1. The predicted molar refractivity (Wildman–Crippen MR) is 105 cm³/mol. The summed E-state index contributed by atoms with van der Waals surface area (Å²) >= 11 is 7.40. The van der Waals surface area contributed by atoms with Gasteiger partial charge in [0.1, 0.15) is 0 Å². The molecule has 0 saturated carbocycles. The molecule has 0 fully saturated rings. The molecule has 23 heavy (non-hydrogen) atoms. The van der Waals surface area contributed by atoms with Crippen LogP contribution in [0.25, 0.3) is 0 Å². The molecule has 2 aromatic rings. The van der Waals surface area contributed by atoms with Crippen LogP contribution in [0.15, 0.2) is 59.5 Å². The number of benzene rings is 2. The Morgan fingerprint density at radius 3 is 2.43 bits per heavy atom. The summed E-state index contributed by atoms with van der Waals surface area (Å²) in [5.41, 5.74) is 2.58. The van der Waals surface area contributed by atoms with Gasteiger partial charge in [-0.05, 0) is 43.8 Å². The van der Waals surface area contributed by atoms with Gasteiger partial charge >= 0.3 is 0 Å². The Morgan fingerprint density at radius 1 is 1.09 bits per heavy atom. The van der Waals surface area contributed by atoms with E-state index in [-0.39, 0.29) is 0 Å². The van der Waals surface area contributed by atoms with Crippen LogP contribution in [-0.4, -0.2) is 28.9 Å². The van der Waals surface area contributed by atoms with Crippen LogP contribution in [0.4, 0.5) is 0 Å². The fourth-order valence-electron chi connectivity index (χ4n) is 2.23. The van der Waals surface area contributed by atoms with Gasteiger partial charge in [-0.2, -0.15) is 0 Å². The molecule has 122 valence electrons. The molecular weight excluding hydrogens is 320 g/mol. The first kappa shape index (κ1) is 17.8. The quantitative estimate of drug-likeness (QED) is 0.588. The van der Waals surface area contributed by atoms with Gasteiger partial charge in [-0.25, -0.2) is 0 Å². The molecule has 0 spiro atoms. The van der Waals surface area contributed by atoms with E-state index in [1.54, 1.807) is 0 Å². The normalized spacial score (nSPS) is 10.3. The maximum atomic E-state index is 5.53. The van der Waals surface area contributed by atoms with Gasteiger partial charge < -0.3 is 10.2 Å². The maximum absolute atomic E-state index is 5.53. The average Bonchev–Trinajstić information content (AvgIpc) is 2.57. The number of hydrogen-bond donors (Lipinski definition) is 1. The Kier molecular flexibility index (Phi) is 7.43. The molecule has 0 atom stereocenters. The van der Waals surface area contributed by atoms with E-state index < -0.39 is 0 Å². The highest BCUT2D eigenvalue weighted by Gasteiger charge is 2.09. The van der Waals surface area contributed by atoms with E-state index in [1.807, 2.05) is 17.8 Å². The van der Waals surface area contributed by atoms with Crippen molar-refractivity contribution in [2.75, 3.05) is 18.8 Å². The van der Waals surface area contributed by atoms with E-state index in [1.165, 1.54) is 16.0 Å². The molecule has 0 aliphatic carbocycles. The Morgan fingerprint density at radius 2 is 1.78 bits per heavy atom. The molecule has 1 N–H and O–H groups in total. The molecule has 0 bridgehead atoms. The number of hydrogen-bond acceptors (Lipinski definition) is 2. The summed E-state index contributed by atoms with van der Waals surface area (Å²) in [4.78, 5) is 3.56. The fourth-order valence-corrected chi connectivity index (χ4v) is 3.40. The summed E-state index contributed by atoms with van der Waals surface area (Å²) in [6.07, 6.45) is 0. The zero-order valence-corrected chi connectivity index (χ0v) is 15.4. The van der Waals surface area contributed by atoms with E-state index in [9.17, 15) is 0 Å². The summed E-state index contributed by atoms with van der Waals surface area (Å²) in [7, 11) is 0. The van der Waals surface area contributed by atoms with Gasteiger partial charge in [-0.3, -0.25) is 0 Å². The van der Waals surface area contributed by atoms with Gasteiger partial charge in [-0.1, -0.05) is 48.0 Å². The van der Waals surface area contributed by atoms with E-state index in [0.717, 1.165) is 30.5 Å². The lowest BCUT2D eigenvalue weighted by molar-refractivity contribution is 0.431. The van der Waals surface area contributed by atoms with Crippen molar-refractivity contribution in [3.8, 4) is 0 Å². The molecule has 0 saturated heterocycles. The van der Waals surface area contributed by atoms with Crippen molar-refractivity contribution >= 4 is 29.1 Å². The molecule has 2 aromatic carbocycles. The molecule has 2 nitrogen and oxygen atoms in total. The summed E-state index contributed by atoms with van der Waals surface area (Å²) in [6.45, 7) is 6.83. The molecule has 4 heteroatoms. The van der Waals surface area contributed by atoms with Crippen LogP contribution < -0.4 is 5.32 Å². The van der Waals surface area contributed by atoms with Crippen LogP contribution in [0.2, 0.25) is 0 Å². The van der Waals surface area contributed by atoms with Gasteiger partial charge in [0, 0.05) is 30.3 Å². The summed E-state index contributed by atoms with van der Waals surface area (Å²) < 4.78 is 0. The first-order chi connectivity index (χ1) is 11.2. The Balaban J connectivity index is 1.91. The van der Waals surface area contributed by atoms with Gasteiger partial charge in [0.05, 0.1) is 0 Å². The molecule has 0 radical (unpaired) electrons. The SMILES string of the molecule is CCNC(=S)N(CCSc1ccc(C)cc1)Cc1ccccc1. The minimum Gasteiger partial charge on any atom is -0.363 e. The first-order valence-corrected chi connectivity index (χ1v) is 9.34. The maximum Gasteiger partial charge on any atom is 0.169 e. The van der Waals surface area contributed by atoms with Crippen LogP contribution in [0, 0.1) is 6.92 Å². The van der Waals surface area contributed by atoms with E-state index in [2.05, 4.69) is 72.6 Å². The Labute approximate surface area is 149 Å². The second-order valence-corrected chi connectivity index (χ2v) is 6.96. The molecular formula is C19H24N2S2. The summed E-state index contributed by atoms with van der Waals surface area (Å²) in [5, 5.41) is 4.10. The highest BCUT2D eigenvalue weighted by molar-refractivity contribution is 7.99. The van der Waals surface area contributed by atoms with Crippen LogP contribution in [0.3, 0.4) is 0 Å². The van der Waals surface area contributed by atoms with Crippen molar-refractivity contribution < 1.29 is 0 Å². The number of rotatable bonds is 7. The van der Waals surface area contributed by atoms with Crippen molar-refractivity contribution in [2.45, 2.75) is 25.3 Å². The monoisotopic (exact) mass is 344 g/mol. The van der Waals surface area contributed by atoms with Gasteiger partial charge in [0.25, 0.3) is 0 Å². The van der Waals surface area contributed by atoms with Gasteiger partial charge in [0.15, 0.2) is 5.11 Å². The highest BCUT2D eigenvalue weighted by atomic mass is 32.2. The number of nitrogens with one attached hydrogen (secondary N) is 1. The van der Waals surface area contributed by atoms with Crippen LogP contribution >= 0.6 is 24.0 Å². The fraction of sp³-hybridized carbons (Fsp3) is 0.316. The topological polar surface area (TPSA) is 15.3 Å². The molecule has 0 aliphatic rings. The zero-order chi connectivity index (χ0) is 16.5. The van der Waals surface area contributed by atoms with Crippen LogP contribution in [-0.2, 0) is 6.54 Å². The van der Waals surface area contributed by atoms with Gasteiger partial charge in [-0.15, -0.1) is 11.8 Å². The minimum atomic E-state index is 0.834. The van der Waals surface area contributed by atoms with Crippen molar-refractivity contribution in [3.63, 3.8) is 0 Å². The van der Waals surface area contributed by atoms with Crippen molar-refractivity contribution in [1.82, 2.24) is 10.2 Å². The lowest BCUT2D eigenvalue weighted by Crippen LogP contribution is -2.40. The zero-order valence-electron chi connectivity index (χ0n) is 13.8. The van der Waals surface area contributed by atoms with E-state index >= 15 is 0 Å². The third-order valence-corrected chi connectivity index (χ3v) is 4.88. The Bertz CT molecular complexity index is 597. The Hall–Kier alpha value is -1.52. The second kappa shape index (κ2) is 9.58. The first-order valence-electron chi connectivity index (χ1n) is 7.95. The lowest BCUT2D eigenvalue weighted by atomic mass is 10.2. The smallest absolute Gasteiger partial charge is 0.169 e. The lowest BCUT2D eigenvalue weighted by Gasteiger charge is -2.25. The summed E-state index contributed by atoms with van der Waals surface area (Å²) in [5.74, 6) is 1.02. The second-order valence-electron chi connectivity index (χ2n) is 5.40. The molecule has 0 heterocycles.